The summed E-state index contributed by atoms with van der Waals surface area (Å²) in [6.45, 7) is 5.76. The number of sulfonamides is 1. The second-order valence-electron chi connectivity index (χ2n) is 4.26. The molecule has 0 spiro atoms. The summed E-state index contributed by atoms with van der Waals surface area (Å²) in [6, 6.07) is 0.243. The van der Waals surface area contributed by atoms with Gasteiger partial charge in [0.25, 0.3) is 0 Å². The lowest BCUT2D eigenvalue weighted by molar-refractivity contribution is 0.197. The van der Waals surface area contributed by atoms with Gasteiger partial charge in [0.1, 0.15) is 0 Å². The molecule has 0 aromatic rings. The minimum absolute atomic E-state index is 0.0290. The van der Waals surface area contributed by atoms with E-state index in [0.717, 1.165) is 6.54 Å². The fourth-order valence-electron chi connectivity index (χ4n) is 1.92. The second kappa shape index (κ2) is 5.95. The maximum absolute atomic E-state index is 12.1. The fraction of sp³-hybridized carbons (Fsp3) is 1.00. The summed E-state index contributed by atoms with van der Waals surface area (Å²) in [7, 11) is -1.54. The Morgan fingerprint density at radius 3 is 2.75 bits per heavy atom. The van der Waals surface area contributed by atoms with Crippen molar-refractivity contribution in [2.24, 2.45) is 0 Å². The van der Waals surface area contributed by atoms with Crippen LogP contribution >= 0.6 is 0 Å². The summed E-state index contributed by atoms with van der Waals surface area (Å²) in [5.74, 6) is 0.178. The van der Waals surface area contributed by atoms with E-state index in [1.54, 1.807) is 11.4 Å². The van der Waals surface area contributed by atoms with Crippen LogP contribution in [0.4, 0.5) is 0 Å². The SMILES string of the molecule is COCCCS(=O)(=O)N1CCNC(C)C1C. The van der Waals surface area contributed by atoms with Gasteiger partial charge >= 0.3 is 0 Å². The molecular weight excluding hydrogens is 228 g/mol. The van der Waals surface area contributed by atoms with E-state index in [4.69, 9.17) is 4.74 Å². The zero-order valence-electron chi connectivity index (χ0n) is 10.3. The molecule has 1 aliphatic rings. The number of rotatable bonds is 5. The first-order chi connectivity index (χ1) is 7.49. The Morgan fingerprint density at radius 1 is 1.44 bits per heavy atom. The smallest absolute Gasteiger partial charge is 0.214 e. The van der Waals surface area contributed by atoms with E-state index in [1.165, 1.54) is 0 Å². The third-order valence-corrected chi connectivity index (χ3v) is 5.12. The van der Waals surface area contributed by atoms with Crippen LogP contribution in [0.3, 0.4) is 0 Å². The third kappa shape index (κ3) is 3.41. The lowest BCUT2D eigenvalue weighted by Gasteiger charge is -2.37. The van der Waals surface area contributed by atoms with Crippen LogP contribution in [-0.2, 0) is 14.8 Å². The van der Waals surface area contributed by atoms with E-state index in [1.807, 2.05) is 13.8 Å². The van der Waals surface area contributed by atoms with E-state index < -0.39 is 10.0 Å². The lowest BCUT2D eigenvalue weighted by Crippen LogP contribution is -2.57. The van der Waals surface area contributed by atoms with Gasteiger partial charge < -0.3 is 10.1 Å². The van der Waals surface area contributed by atoms with E-state index in [0.29, 0.717) is 19.6 Å². The summed E-state index contributed by atoms with van der Waals surface area (Å²) in [5, 5.41) is 3.27. The predicted octanol–water partition coefficient (Wildman–Crippen LogP) is 0.0349. The highest BCUT2D eigenvalue weighted by Crippen LogP contribution is 2.14. The van der Waals surface area contributed by atoms with Crippen molar-refractivity contribution < 1.29 is 13.2 Å². The average molecular weight is 250 g/mol. The minimum Gasteiger partial charge on any atom is -0.385 e. The molecule has 1 saturated heterocycles. The van der Waals surface area contributed by atoms with Gasteiger partial charge in [-0.05, 0) is 20.3 Å². The topological polar surface area (TPSA) is 58.6 Å². The number of hydrogen-bond acceptors (Lipinski definition) is 4. The molecule has 16 heavy (non-hydrogen) atoms. The zero-order chi connectivity index (χ0) is 12.2. The molecule has 0 aliphatic carbocycles. The van der Waals surface area contributed by atoms with Crippen molar-refractivity contribution in [2.45, 2.75) is 32.4 Å². The fourth-order valence-corrected chi connectivity index (χ4v) is 3.70. The summed E-state index contributed by atoms with van der Waals surface area (Å²) >= 11 is 0. The summed E-state index contributed by atoms with van der Waals surface area (Å²) in [5.41, 5.74) is 0. The molecule has 0 amide bonds. The number of ether oxygens (including phenoxy) is 1. The van der Waals surface area contributed by atoms with Gasteiger partial charge in [0, 0.05) is 38.9 Å². The lowest BCUT2D eigenvalue weighted by atomic mass is 10.1. The van der Waals surface area contributed by atoms with Gasteiger partial charge in [-0.25, -0.2) is 8.42 Å². The Labute approximate surface area is 98.2 Å². The molecule has 2 unspecified atom stereocenters. The number of nitrogens with zero attached hydrogens (tertiary/aromatic N) is 1. The summed E-state index contributed by atoms with van der Waals surface area (Å²) in [4.78, 5) is 0. The molecule has 6 heteroatoms. The minimum atomic E-state index is -3.12. The van der Waals surface area contributed by atoms with Gasteiger partial charge in [-0.15, -0.1) is 0 Å². The highest BCUT2D eigenvalue weighted by molar-refractivity contribution is 7.89. The molecule has 2 atom stereocenters. The van der Waals surface area contributed by atoms with Crippen molar-refractivity contribution >= 4 is 10.0 Å². The van der Waals surface area contributed by atoms with Gasteiger partial charge in [0.2, 0.25) is 10.0 Å². The molecule has 1 N–H and O–H groups in total. The Morgan fingerprint density at radius 2 is 2.12 bits per heavy atom. The highest BCUT2D eigenvalue weighted by atomic mass is 32.2. The molecule has 1 fully saturated rings. The maximum Gasteiger partial charge on any atom is 0.214 e. The molecule has 1 rings (SSSR count). The van der Waals surface area contributed by atoms with E-state index in [2.05, 4.69) is 5.32 Å². The molecule has 0 aromatic carbocycles. The van der Waals surface area contributed by atoms with Crippen molar-refractivity contribution in [3.8, 4) is 0 Å². The van der Waals surface area contributed by atoms with Crippen LogP contribution in [0.15, 0.2) is 0 Å². The van der Waals surface area contributed by atoms with Crippen LogP contribution in [0.25, 0.3) is 0 Å². The molecule has 96 valence electrons. The van der Waals surface area contributed by atoms with Crippen molar-refractivity contribution in [1.82, 2.24) is 9.62 Å². The predicted molar refractivity (Wildman–Crippen MR) is 63.9 cm³/mol. The van der Waals surface area contributed by atoms with Crippen molar-refractivity contribution in [2.75, 3.05) is 32.6 Å². The first kappa shape index (κ1) is 13.9. The van der Waals surface area contributed by atoms with Gasteiger partial charge in [-0.3, -0.25) is 0 Å². The van der Waals surface area contributed by atoms with E-state index in [9.17, 15) is 8.42 Å². The normalized spacial score (nSPS) is 28.2. The Kier molecular flexibility index (Phi) is 5.17. The maximum atomic E-state index is 12.1. The number of methoxy groups -OCH3 is 1. The quantitative estimate of drug-likeness (QED) is 0.700. The Balaban J connectivity index is 2.59. The second-order valence-corrected chi connectivity index (χ2v) is 6.30. The summed E-state index contributed by atoms with van der Waals surface area (Å²) < 4.78 is 30.6. The van der Waals surface area contributed by atoms with Crippen LogP contribution in [0.5, 0.6) is 0 Å². The van der Waals surface area contributed by atoms with Gasteiger partial charge in [-0.1, -0.05) is 0 Å². The molecule has 1 heterocycles. The van der Waals surface area contributed by atoms with Crippen LogP contribution in [0.2, 0.25) is 0 Å². The van der Waals surface area contributed by atoms with Crippen LogP contribution in [-0.4, -0.2) is 57.4 Å². The standard InChI is InChI=1S/C10H22N2O3S/c1-9-10(2)12(6-5-11-9)16(13,14)8-4-7-15-3/h9-11H,4-8H2,1-3H3. The molecule has 0 saturated carbocycles. The Hall–Kier alpha value is -0.170. The molecule has 0 bridgehead atoms. The third-order valence-electron chi connectivity index (χ3n) is 3.08. The number of piperazine rings is 1. The molecule has 0 radical (unpaired) electrons. The van der Waals surface area contributed by atoms with E-state index >= 15 is 0 Å². The van der Waals surface area contributed by atoms with Crippen LogP contribution in [0.1, 0.15) is 20.3 Å². The number of hydrogen-bond donors (Lipinski definition) is 1. The summed E-state index contributed by atoms with van der Waals surface area (Å²) in [6.07, 6.45) is 0.559. The largest absolute Gasteiger partial charge is 0.385 e. The molecule has 0 aromatic heterocycles. The van der Waals surface area contributed by atoms with Crippen LogP contribution in [0, 0.1) is 0 Å². The van der Waals surface area contributed by atoms with Gasteiger partial charge in [0.15, 0.2) is 0 Å². The van der Waals surface area contributed by atoms with Crippen molar-refractivity contribution in [1.29, 1.82) is 0 Å². The number of nitrogens with one attached hydrogen (secondary N) is 1. The average Bonchev–Trinajstić information content (AvgIpc) is 2.22. The van der Waals surface area contributed by atoms with Gasteiger partial charge in [-0.2, -0.15) is 4.31 Å². The zero-order valence-corrected chi connectivity index (χ0v) is 11.1. The van der Waals surface area contributed by atoms with Crippen molar-refractivity contribution in [3.05, 3.63) is 0 Å². The van der Waals surface area contributed by atoms with Crippen molar-refractivity contribution in [3.63, 3.8) is 0 Å². The molecular formula is C10H22N2O3S. The van der Waals surface area contributed by atoms with Gasteiger partial charge in [0.05, 0.1) is 5.75 Å². The Bertz CT molecular complexity index is 305. The first-order valence-corrected chi connectivity index (χ1v) is 7.32. The monoisotopic (exact) mass is 250 g/mol. The molecule has 5 nitrogen and oxygen atoms in total. The van der Waals surface area contributed by atoms with Crippen LogP contribution < -0.4 is 5.32 Å². The molecule has 1 aliphatic heterocycles. The highest BCUT2D eigenvalue weighted by Gasteiger charge is 2.32. The first-order valence-electron chi connectivity index (χ1n) is 5.71. The van der Waals surface area contributed by atoms with E-state index in [-0.39, 0.29) is 17.8 Å².